The SMILES string of the molecule is C/C=C1/C(CCC)=CC(Br)=CC1=NC(C)C. The van der Waals surface area contributed by atoms with E-state index in [-0.39, 0.29) is 0 Å². The lowest BCUT2D eigenvalue weighted by Crippen LogP contribution is -2.10. The van der Waals surface area contributed by atoms with E-state index in [4.69, 9.17) is 0 Å². The first-order valence-electron chi connectivity index (χ1n) is 5.91. The number of halogens is 1. The van der Waals surface area contributed by atoms with Crippen molar-refractivity contribution in [3.8, 4) is 0 Å². The summed E-state index contributed by atoms with van der Waals surface area (Å²) in [5, 5.41) is 0. The quantitative estimate of drug-likeness (QED) is 0.705. The molecule has 0 unspecified atom stereocenters. The van der Waals surface area contributed by atoms with Crippen molar-refractivity contribution in [3.63, 3.8) is 0 Å². The topological polar surface area (TPSA) is 12.4 Å². The van der Waals surface area contributed by atoms with Crippen LogP contribution in [0.25, 0.3) is 0 Å². The minimum atomic E-state index is 0.336. The van der Waals surface area contributed by atoms with Crippen LogP contribution in [0.4, 0.5) is 0 Å². The Balaban J connectivity index is 3.11. The zero-order valence-electron chi connectivity index (χ0n) is 10.5. The van der Waals surface area contributed by atoms with Crippen molar-refractivity contribution in [3.05, 3.63) is 33.9 Å². The maximum atomic E-state index is 4.67. The summed E-state index contributed by atoms with van der Waals surface area (Å²) < 4.78 is 1.13. The lowest BCUT2D eigenvalue weighted by atomic mass is 9.92. The van der Waals surface area contributed by atoms with Crippen LogP contribution < -0.4 is 0 Å². The Morgan fingerprint density at radius 1 is 1.38 bits per heavy atom. The van der Waals surface area contributed by atoms with Gasteiger partial charge in [0.05, 0.1) is 5.71 Å². The number of hydrogen-bond donors (Lipinski definition) is 0. The van der Waals surface area contributed by atoms with E-state index in [0.717, 1.165) is 16.6 Å². The number of allylic oxidation sites excluding steroid dienone is 6. The molecular weight excluding hydrogens is 262 g/mol. The van der Waals surface area contributed by atoms with Gasteiger partial charge in [0.25, 0.3) is 0 Å². The van der Waals surface area contributed by atoms with Gasteiger partial charge in [0, 0.05) is 10.5 Å². The highest BCUT2D eigenvalue weighted by Gasteiger charge is 2.14. The Labute approximate surface area is 107 Å². The van der Waals surface area contributed by atoms with E-state index < -0.39 is 0 Å². The third-order valence-electron chi connectivity index (χ3n) is 2.41. The molecule has 0 radical (unpaired) electrons. The molecule has 2 heteroatoms. The van der Waals surface area contributed by atoms with Gasteiger partial charge in [-0.15, -0.1) is 0 Å². The van der Waals surface area contributed by atoms with E-state index in [2.05, 4.69) is 66.8 Å². The second-order valence-electron chi connectivity index (χ2n) is 4.26. The first-order valence-corrected chi connectivity index (χ1v) is 6.70. The second-order valence-corrected chi connectivity index (χ2v) is 5.17. The summed E-state index contributed by atoms with van der Waals surface area (Å²) >= 11 is 3.56. The molecule has 88 valence electrons. The van der Waals surface area contributed by atoms with Crippen LogP contribution in [0.3, 0.4) is 0 Å². The van der Waals surface area contributed by atoms with E-state index >= 15 is 0 Å². The first kappa shape index (κ1) is 13.4. The molecule has 0 bridgehead atoms. The van der Waals surface area contributed by atoms with Crippen LogP contribution in [-0.4, -0.2) is 11.8 Å². The number of hydrogen-bond acceptors (Lipinski definition) is 1. The van der Waals surface area contributed by atoms with Gasteiger partial charge in [-0.2, -0.15) is 0 Å². The molecule has 1 aliphatic rings. The van der Waals surface area contributed by atoms with E-state index in [0.29, 0.717) is 6.04 Å². The molecule has 0 aromatic rings. The summed E-state index contributed by atoms with van der Waals surface area (Å²) in [6.07, 6.45) is 8.75. The van der Waals surface area contributed by atoms with Crippen molar-refractivity contribution >= 4 is 21.6 Å². The zero-order chi connectivity index (χ0) is 12.1. The molecule has 0 saturated carbocycles. The molecule has 0 spiro atoms. The van der Waals surface area contributed by atoms with Crippen LogP contribution in [0.1, 0.15) is 40.5 Å². The van der Waals surface area contributed by atoms with Crippen molar-refractivity contribution in [2.45, 2.75) is 46.6 Å². The van der Waals surface area contributed by atoms with Crippen LogP contribution >= 0.6 is 15.9 Å². The number of nitrogens with zero attached hydrogens (tertiary/aromatic N) is 1. The molecule has 16 heavy (non-hydrogen) atoms. The summed E-state index contributed by atoms with van der Waals surface area (Å²) in [5.74, 6) is 0. The van der Waals surface area contributed by atoms with Gasteiger partial charge in [0.1, 0.15) is 0 Å². The summed E-state index contributed by atoms with van der Waals surface area (Å²) in [6.45, 7) is 8.51. The molecule has 0 N–H and O–H groups in total. The molecule has 0 saturated heterocycles. The van der Waals surface area contributed by atoms with Gasteiger partial charge < -0.3 is 0 Å². The monoisotopic (exact) mass is 281 g/mol. The molecule has 1 nitrogen and oxygen atoms in total. The molecule has 1 rings (SSSR count). The number of aliphatic imine (C=N–C) groups is 1. The standard InChI is InChI=1S/C14H20BrN/c1-5-7-11-8-12(15)9-14(13(11)6-2)16-10(3)4/h6,8-10H,5,7H2,1-4H3/b13-6-,16-14?. The Morgan fingerprint density at radius 3 is 2.56 bits per heavy atom. The molecule has 0 heterocycles. The first-order chi connectivity index (χ1) is 7.58. The van der Waals surface area contributed by atoms with Gasteiger partial charge in [-0.1, -0.05) is 35.4 Å². The largest absolute Gasteiger partial charge is 0.282 e. The highest BCUT2D eigenvalue weighted by molar-refractivity contribution is 9.11. The Bertz CT molecular complexity index is 370. The zero-order valence-corrected chi connectivity index (χ0v) is 12.1. The predicted octanol–water partition coefficient (Wildman–Crippen LogP) is 4.80. The third kappa shape index (κ3) is 3.44. The third-order valence-corrected chi connectivity index (χ3v) is 2.87. The molecule has 0 fully saturated rings. The molecule has 0 aromatic carbocycles. The molecule has 0 atom stereocenters. The van der Waals surface area contributed by atoms with Crippen molar-refractivity contribution in [2.75, 3.05) is 0 Å². The maximum Gasteiger partial charge on any atom is 0.0660 e. The fraction of sp³-hybridized carbons (Fsp3) is 0.500. The van der Waals surface area contributed by atoms with Gasteiger partial charge >= 0.3 is 0 Å². The summed E-state index contributed by atoms with van der Waals surface area (Å²) in [7, 11) is 0. The van der Waals surface area contributed by atoms with Crippen LogP contribution in [-0.2, 0) is 0 Å². The molecule has 0 aromatic heterocycles. The smallest absolute Gasteiger partial charge is 0.0660 e. The van der Waals surface area contributed by atoms with Crippen LogP contribution in [0.5, 0.6) is 0 Å². The Hall–Kier alpha value is -0.630. The maximum absolute atomic E-state index is 4.67. The van der Waals surface area contributed by atoms with Crippen molar-refractivity contribution < 1.29 is 0 Å². The van der Waals surface area contributed by atoms with E-state index in [1.807, 2.05) is 0 Å². The van der Waals surface area contributed by atoms with E-state index in [9.17, 15) is 0 Å². The van der Waals surface area contributed by atoms with Crippen LogP contribution in [0.15, 0.2) is 38.8 Å². The molecule has 0 aliphatic heterocycles. The molecule has 1 aliphatic carbocycles. The van der Waals surface area contributed by atoms with Crippen molar-refractivity contribution in [1.29, 1.82) is 0 Å². The van der Waals surface area contributed by atoms with Crippen LogP contribution in [0, 0.1) is 0 Å². The van der Waals surface area contributed by atoms with E-state index in [1.165, 1.54) is 17.6 Å². The van der Waals surface area contributed by atoms with Gasteiger partial charge in [-0.3, -0.25) is 4.99 Å². The van der Waals surface area contributed by atoms with Crippen molar-refractivity contribution in [1.82, 2.24) is 0 Å². The fourth-order valence-corrected chi connectivity index (χ4v) is 2.35. The summed E-state index contributed by atoms with van der Waals surface area (Å²) in [6, 6.07) is 0.336. The normalized spacial score (nSPS) is 21.6. The Morgan fingerprint density at radius 2 is 2.06 bits per heavy atom. The number of rotatable bonds is 3. The lowest BCUT2D eigenvalue weighted by Gasteiger charge is -2.17. The second kappa shape index (κ2) is 6.19. The highest BCUT2D eigenvalue weighted by Crippen LogP contribution is 2.28. The van der Waals surface area contributed by atoms with Gasteiger partial charge in [0.15, 0.2) is 0 Å². The van der Waals surface area contributed by atoms with Gasteiger partial charge in [-0.25, -0.2) is 0 Å². The predicted molar refractivity (Wildman–Crippen MR) is 76.3 cm³/mol. The summed E-state index contributed by atoms with van der Waals surface area (Å²) in [5.41, 5.74) is 3.79. The van der Waals surface area contributed by atoms with Crippen LogP contribution in [0.2, 0.25) is 0 Å². The van der Waals surface area contributed by atoms with Gasteiger partial charge in [0.2, 0.25) is 0 Å². The molecule has 0 amide bonds. The Kier molecular flexibility index (Phi) is 5.20. The van der Waals surface area contributed by atoms with Crippen molar-refractivity contribution in [2.24, 2.45) is 4.99 Å². The average molecular weight is 282 g/mol. The highest BCUT2D eigenvalue weighted by atomic mass is 79.9. The summed E-state index contributed by atoms with van der Waals surface area (Å²) in [4.78, 5) is 4.67. The van der Waals surface area contributed by atoms with Gasteiger partial charge in [-0.05, 0) is 50.5 Å². The lowest BCUT2D eigenvalue weighted by molar-refractivity contribution is 0.835. The minimum Gasteiger partial charge on any atom is -0.282 e. The van der Waals surface area contributed by atoms with E-state index in [1.54, 1.807) is 0 Å². The minimum absolute atomic E-state index is 0.336. The fourth-order valence-electron chi connectivity index (χ4n) is 1.85. The molecular formula is C14H20BrN. The average Bonchev–Trinajstić information content (AvgIpc) is 2.16.